The smallest absolute Gasteiger partial charge is 0.408 e. The van der Waals surface area contributed by atoms with Gasteiger partial charge in [0.05, 0.1) is 34.5 Å². The van der Waals surface area contributed by atoms with Gasteiger partial charge in [0.2, 0.25) is 11.6 Å². The summed E-state index contributed by atoms with van der Waals surface area (Å²) in [7, 11) is 3.21. The third-order valence-electron chi connectivity index (χ3n) is 13.2. The number of benzene rings is 2. The number of carbonyl (C=O) groups excluding carboxylic acids is 3. The standard InChI is InChI=1S/C49H48Cl2F2N18O5/c1-27(70-45(60-62-64-70)41-35(25-58-66(41)3)33-15-13-29(21-39(33)52)47(72)68(31-9-5-17-54-23-31)43-37(50)11-7-19-56-43)75-49(74)76-28(2)71-46(61-63-65-71)42-36(26-59-67(42)4)34-16-14-30(22-40(34)53)48(73)69(32-10-6-18-55-24-32)44-38(51)12-8-20-57-44/h7-8,11-16,19-22,25-28,31-32,54-55H,5-6,9-10,17-18,23-24H2,1-4H3/t27-,28-,31-,32-/m1/s1. The molecule has 8 aromatic rings. The van der Waals surface area contributed by atoms with Gasteiger partial charge >= 0.3 is 6.16 Å². The van der Waals surface area contributed by atoms with E-state index in [1.165, 1.54) is 79.0 Å². The lowest BCUT2D eigenvalue weighted by Gasteiger charge is -2.34. The van der Waals surface area contributed by atoms with Crippen LogP contribution >= 0.6 is 23.2 Å². The van der Waals surface area contributed by atoms with E-state index in [0.29, 0.717) is 25.9 Å². The van der Waals surface area contributed by atoms with E-state index < -0.39 is 42.1 Å². The van der Waals surface area contributed by atoms with Gasteiger partial charge in [-0.3, -0.25) is 28.8 Å². The van der Waals surface area contributed by atoms with E-state index in [2.05, 4.69) is 61.8 Å². The van der Waals surface area contributed by atoms with Crippen molar-refractivity contribution in [3.8, 4) is 45.3 Å². The summed E-state index contributed by atoms with van der Waals surface area (Å²) < 4.78 is 49.3. The van der Waals surface area contributed by atoms with Gasteiger partial charge in [-0.25, -0.2) is 23.5 Å². The predicted octanol–water partition coefficient (Wildman–Crippen LogP) is 6.86. The number of rotatable bonds is 14. The number of tetrazole rings is 2. The lowest BCUT2D eigenvalue weighted by atomic mass is 10.0. The summed E-state index contributed by atoms with van der Waals surface area (Å²) in [6.45, 7) is 5.60. The summed E-state index contributed by atoms with van der Waals surface area (Å²) in [6, 6.07) is 14.4. The molecule has 8 heterocycles. The maximum absolute atomic E-state index is 16.4. The van der Waals surface area contributed by atoms with Gasteiger partial charge in [-0.15, -0.1) is 10.2 Å². The molecule has 23 nitrogen and oxygen atoms in total. The van der Waals surface area contributed by atoms with E-state index in [9.17, 15) is 14.4 Å². The van der Waals surface area contributed by atoms with Crippen molar-refractivity contribution in [2.75, 3.05) is 36.0 Å². The summed E-state index contributed by atoms with van der Waals surface area (Å²) in [5.41, 5.74) is 1.38. The highest BCUT2D eigenvalue weighted by Crippen LogP contribution is 2.37. The molecule has 0 radical (unpaired) electrons. The van der Waals surface area contributed by atoms with E-state index in [1.807, 2.05) is 0 Å². The topological polar surface area (TPSA) is 249 Å². The molecule has 0 aliphatic carbocycles. The number of amides is 2. The highest BCUT2D eigenvalue weighted by molar-refractivity contribution is 6.34. The molecule has 2 saturated heterocycles. The Morgan fingerprint density at radius 1 is 0.658 bits per heavy atom. The predicted molar refractivity (Wildman–Crippen MR) is 272 cm³/mol. The average molecular weight is 1080 g/mol. The lowest BCUT2D eigenvalue weighted by Crippen LogP contribution is -2.49. The number of hydrogen-bond donors (Lipinski definition) is 2. The first-order valence-corrected chi connectivity index (χ1v) is 24.9. The zero-order chi connectivity index (χ0) is 53.2. The highest BCUT2D eigenvalue weighted by atomic mass is 35.5. The molecule has 392 valence electrons. The number of pyridine rings is 2. The van der Waals surface area contributed by atoms with Gasteiger partial charge in [0, 0.05) is 73.0 Å². The first-order valence-electron chi connectivity index (χ1n) is 24.2. The number of hydrogen-bond acceptors (Lipinski definition) is 17. The van der Waals surface area contributed by atoms with Gasteiger partial charge in [0.25, 0.3) is 11.8 Å². The fourth-order valence-electron chi connectivity index (χ4n) is 9.49. The zero-order valence-electron chi connectivity index (χ0n) is 41.3. The largest absolute Gasteiger partial charge is 0.512 e. The second kappa shape index (κ2) is 22.0. The number of nitrogens with one attached hydrogen (secondary N) is 2. The molecule has 27 heteroatoms. The Morgan fingerprint density at radius 2 is 1.09 bits per heavy atom. The third kappa shape index (κ3) is 10.1. The van der Waals surface area contributed by atoms with Crippen molar-refractivity contribution in [2.45, 2.75) is 64.1 Å². The van der Waals surface area contributed by atoms with Crippen LogP contribution in [0.1, 0.15) is 72.7 Å². The van der Waals surface area contributed by atoms with Crippen LogP contribution in [0.3, 0.4) is 0 Å². The summed E-state index contributed by atoms with van der Waals surface area (Å²) in [5, 5.41) is 40.0. The van der Waals surface area contributed by atoms with Crippen molar-refractivity contribution in [3.05, 3.63) is 118 Å². The minimum Gasteiger partial charge on any atom is -0.408 e. The Kier molecular flexibility index (Phi) is 14.9. The number of aromatic nitrogens is 14. The minimum absolute atomic E-state index is 0.0521. The summed E-state index contributed by atoms with van der Waals surface area (Å²) in [4.78, 5) is 53.7. The van der Waals surface area contributed by atoms with Gasteiger partial charge in [0.1, 0.15) is 23.0 Å². The van der Waals surface area contributed by atoms with Crippen LogP contribution in [0.2, 0.25) is 10.0 Å². The van der Waals surface area contributed by atoms with Gasteiger partial charge in [-0.1, -0.05) is 35.3 Å². The Labute approximate surface area is 442 Å². The third-order valence-corrected chi connectivity index (χ3v) is 13.8. The molecule has 2 aromatic carbocycles. The van der Waals surface area contributed by atoms with Gasteiger partial charge in [0.15, 0.2) is 24.1 Å². The van der Waals surface area contributed by atoms with E-state index in [0.717, 1.165) is 38.1 Å². The van der Waals surface area contributed by atoms with Crippen molar-refractivity contribution in [2.24, 2.45) is 14.1 Å². The second-order valence-electron chi connectivity index (χ2n) is 18.0. The molecular weight excluding hydrogens is 1030 g/mol. The number of anilines is 2. The molecule has 0 unspecified atom stereocenters. The number of halogens is 4. The normalized spacial score (nSPS) is 16.5. The molecule has 2 aliphatic heterocycles. The van der Waals surface area contributed by atoms with Gasteiger partial charge in [-0.05, 0) is 122 Å². The molecule has 6 aromatic heterocycles. The maximum atomic E-state index is 16.4. The molecule has 0 saturated carbocycles. The van der Waals surface area contributed by atoms with E-state index in [-0.39, 0.29) is 90.2 Å². The molecule has 2 amide bonds. The Morgan fingerprint density at radius 3 is 1.47 bits per heavy atom. The molecule has 2 aliphatic rings. The fraction of sp³-hybridized carbons (Fsp3) is 0.327. The number of nitrogens with zero attached hydrogens (tertiary/aromatic N) is 16. The van der Waals surface area contributed by atoms with Crippen LogP contribution in [0.15, 0.2) is 85.5 Å². The van der Waals surface area contributed by atoms with Crippen LogP contribution in [-0.4, -0.2) is 126 Å². The van der Waals surface area contributed by atoms with Gasteiger partial charge < -0.3 is 20.1 Å². The van der Waals surface area contributed by atoms with Crippen LogP contribution in [0.4, 0.5) is 25.2 Å². The lowest BCUT2D eigenvalue weighted by molar-refractivity contribution is -0.0374. The monoisotopic (exact) mass is 1080 g/mol. The average Bonchev–Trinajstić information content (AvgIpc) is 4.26. The van der Waals surface area contributed by atoms with Crippen molar-refractivity contribution in [1.82, 2.24) is 80.6 Å². The Hall–Kier alpha value is -8.13. The van der Waals surface area contributed by atoms with Crippen molar-refractivity contribution in [1.29, 1.82) is 0 Å². The molecule has 2 N–H and O–H groups in total. The summed E-state index contributed by atoms with van der Waals surface area (Å²) in [6.07, 6.45) is 5.40. The van der Waals surface area contributed by atoms with Crippen LogP contribution in [0.25, 0.3) is 45.3 Å². The van der Waals surface area contributed by atoms with Crippen molar-refractivity contribution >= 4 is 52.8 Å². The van der Waals surface area contributed by atoms with Crippen LogP contribution in [0.5, 0.6) is 0 Å². The van der Waals surface area contributed by atoms with Crippen molar-refractivity contribution in [3.63, 3.8) is 0 Å². The molecule has 2 fully saturated rings. The molecule has 10 rings (SSSR count). The minimum atomic E-state index is -1.21. The molecule has 76 heavy (non-hydrogen) atoms. The summed E-state index contributed by atoms with van der Waals surface area (Å²) >= 11 is 13.1. The Bertz CT molecular complexity index is 3220. The fourth-order valence-corrected chi connectivity index (χ4v) is 9.92. The highest BCUT2D eigenvalue weighted by Gasteiger charge is 2.34. The first-order chi connectivity index (χ1) is 36.8. The van der Waals surface area contributed by atoms with E-state index in [4.69, 9.17) is 32.7 Å². The quantitative estimate of drug-likeness (QED) is 0.106. The maximum Gasteiger partial charge on any atom is 0.512 e. The molecular formula is C49H48Cl2F2N18O5. The SMILES string of the molecule is C[C@@H](OC(=O)O[C@H](C)n1nnnc1-c1c(-c2ccc(C(=O)N(c3ncccc3Cl)[C@@H]3CCCNC3)cc2F)cnn1C)n1nnnc1-c1c(-c2ccc(C(=O)N(c3ncccc3Cl)[C@@H]3CCCNC3)cc2F)cnn1C. The Balaban J connectivity index is 0.846. The number of carbonyl (C=O) groups is 3. The van der Waals surface area contributed by atoms with E-state index >= 15 is 8.78 Å². The van der Waals surface area contributed by atoms with E-state index in [1.54, 1.807) is 50.8 Å². The number of piperidine rings is 2. The molecule has 4 atom stereocenters. The second-order valence-corrected chi connectivity index (χ2v) is 18.8. The number of ether oxygens (including phenoxy) is 2. The molecule has 0 spiro atoms. The van der Waals surface area contributed by atoms with Crippen LogP contribution in [-0.2, 0) is 23.6 Å². The zero-order valence-corrected chi connectivity index (χ0v) is 42.8. The summed E-state index contributed by atoms with van der Waals surface area (Å²) in [5.74, 6) is -1.75. The van der Waals surface area contributed by atoms with Crippen molar-refractivity contribution < 1.29 is 32.6 Å². The van der Waals surface area contributed by atoms with Crippen LogP contribution in [0, 0.1) is 11.6 Å². The molecule has 0 bridgehead atoms. The van der Waals surface area contributed by atoms with Gasteiger partial charge in [-0.2, -0.15) is 19.6 Å². The first kappa shape index (κ1) is 51.4. The van der Waals surface area contributed by atoms with Crippen LogP contribution < -0.4 is 20.4 Å². The number of aryl methyl sites for hydroxylation is 2.